The number of para-hydroxylation sites is 1. The molecular weight excluding hydrogens is 384 g/mol. The molecule has 0 aromatic heterocycles. The van der Waals surface area contributed by atoms with Crippen LogP contribution in [0, 0.1) is 0 Å². The molecule has 1 amide bonds. The van der Waals surface area contributed by atoms with E-state index in [1.165, 1.54) is 5.56 Å². The predicted octanol–water partition coefficient (Wildman–Crippen LogP) is 3.35. The van der Waals surface area contributed by atoms with Gasteiger partial charge in [-0.05, 0) is 54.5 Å². The van der Waals surface area contributed by atoms with Crippen LogP contribution >= 0.6 is 12.2 Å². The third-order valence-electron chi connectivity index (χ3n) is 4.89. The van der Waals surface area contributed by atoms with E-state index in [9.17, 15) is 4.79 Å². The van der Waals surface area contributed by atoms with Gasteiger partial charge in [-0.1, -0.05) is 25.1 Å². The fourth-order valence-electron chi connectivity index (χ4n) is 3.23. The number of carbonyl (C=O) groups excluding carboxylic acids is 1. The minimum atomic E-state index is -0.112. The fourth-order valence-corrected chi connectivity index (χ4v) is 3.40. The Morgan fingerprint density at radius 3 is 2.48 bits per heavy atom. The summed E-state index contributed by atoms with van der Waals surface area (Å²) >= 11 is 5.46. The van der Waals surface area contributed by atoms with E-state index < -0.39 is 0 Å². The van der Waals surface area contributed by atoms with E-state index in [0.29, 0.717) is 5.11 Å². The van der Waals surface area contributed by atoms with Crippen molar-refractivity contribution >= 4 is 40.3 Å². The third-order valence-corrected chi connectivity index (χ3v) is 5.31. The van der Waals surface area contributed by atoms with Gasteiger partial charge in [0.25, 0.3) is 0 Å². The van der Waals surface area contributed by atoms with Gasteiger partial charge < -0.3 is 25.2 Å². The van der Waals surface area contributed by atoms with Crippen molar-refractivity contribution in [3.63, 3.8) is 0 Å². The Balaban J connectivity index is 1.51. The smallest absolute Gasteiger partial charge is 0.243 e. The molecule has 7 heteroatoms. The summed E-state index contributed by atoms with van der Waals surface area (Å²) in [6, 6.07) is 15.9. The Morgan fingerprint density at radius 2 is 1.79 bits per heavy atom. The average molecular weight is 413 g/mol. The number of amides is 1. The van der Waals surface area contributed by atoms with Crippen LogP contribution in [0.25, 0.3) is 0 Å². The molecule has 0 atom stereocenters. The highest BCUT2D eigenvalue weighted by Gasteiger charge is 2.13. The van der Waals surface area contributed by atoms with Crippen LogP contribution < -0.4 is 15.5 Å². The van der Waals surface area contributed by atoms with E-state index in [1.54, 1.807) is 4.90 Å². The highest BCUT2D eigenvalue weighted by molar-refractivity contribution is 7.80. The maximum Gasteiger partial charge on any atom is 0.243 e. The second-order valence-electron chi connectivity index (χ2n) is 6.99. The molecule has 0 spiro atoms. The largest absolute Gasteiger partial charge is 0.378 e. The summed E-state index contributed by atoms with van der Waals surface area (Å²) in [4.78, 5) is 16.4. The van der Waals surface area contributed by atoms with Crippen LogP contribution in [0.1, 0.15) is 12.5 Å². The molecular formula is C22H28N4O2S. The lowest BCUT2D eigenvalue weighted by molar-refractivity contribution is -0.116. The molecule has 2 aromatic carbocycles. The molecule has 154 valence electrons. The molecule has 29 heavy (non-hydrogen) atoms. The summed E-state index contributed by atoms with van der Waals surface area (Å²) in [6.07, 6.45) is 0.913. The summed E-state index contributed by atoms with van der Waals surface area (Å²) < 4.78 is 5.39. The first-order chi connectivity index (χ1) is 14.1. The van der Waals surface area contributed by atoms with Crippen LogP contribution in [0.2, 0.25) is 0 Å². The maximum absolute atomic E-state index is 12.4. The first-order valence-electron chi connectivity index (χ1n) is 9.89. The minimum Gasteiger partial charge on any atom is -0.378 e. The second kappa shape index (κ2) is 10.2. The van der Waals surface area contributed by atoms with Crippen LogP contribution in [-0.4, -0.2) is 55.8 Å². The quantitative estimate of drug-likeness (QED) is 0.710. The average Bonchev–Trinajstić information content (AvgIpc) is 2.75. The number of nitrogens with one attached hydrogen (secondary N) is 2. The van der Waals surface area contributed by atoms with Crippen molar-refractivity contribution in [2.24, 2.45) is 0 Å². The van der Waals surface area contributed by atoms with E-state index in [1.807, 2.05) is 49.5 Å². The highest BCUT2D eigenvalue weighted by Crippen LogP contribution is 2.19. The zero-order valence-corrected chi connectivity index (χ0v) is 17.8. The molecule has 2 aromatic rings. The molecule has 2 N–H and O–H groups in total. The SMILES string of the molecule is CCc1ccccc1NC(=S)N(C)CC(=O)Nc1ccc(N2CCOCC2)cc1. The Hall–Kier alpha value is -2.64. The lowest BCUT2D eigenvalue weighted by atomic mass is 10.1. The van der Waals surface area contributed by atoms with Crippen LogP contribution in [0.3, 0.4) is 0 Å². The van der Waals surface area contributed by atoms with Crippen molar-refractivity contribution in [3.8, 4) is 0 Å². The molecule has 3 rings (SSSR count). The molecule has 0 radical (unpaired) electrons. The lowest BCUT2D eigenvalue weighted by Gasteiger charge is -2.29. The number of hydrogen-bond acceptors (Lipinski definition) is 4. The molecule has 1 saturated heterocycles. The Kier molecular flexibility index (Phi) is 7.43. The Bertz CT molecular complexity index is 835. The van der Waals surface area contributed by atoms with Crippen LogP contribution in [0.15, 0.2) is 48.5 Å². The van der Waals surface area contributed by atoms with Gasteiger partial charge in [0.2, 0.25) is 5.91 Å². The standard InChI is InChI=1S/C22H28N4O2S/c1-3-17-6-4-5-7-20(17)24-22(29)25(2)16-21(27)23-18-8-10-19(11-9-18)26-12-14-28-15-13-26/h4-11H,3,12-16H2,1-2H3,(H,23,27)(H,24,29). The van der Waals surface area contributed by atoms with Crippen LogP contribution in [-0.2, 0) is 16.0 Å². The van der Waals surface area contributed by atoms with Crippen molar-refractivity contribution in [2.75, 3.05) is 55.4 Å². The van der Waals surface area contributed by atoms with Gasteiger partial charge in [0.1, 0.15) is 0 Å². The van der Waals surface area contributed by atoms with Gasteiger partial charge in [-0.3, -0.25) is 4.79 Å². The second-order valence-corrected chi connectivity index (χ2v) is 7.38. The zero-order chi connectivity index (χ0) is 20.6. The summed E-state index contributed by atoms with van der Waals surface area (Å²) in [5, 5.41) is 6.69. The van der Waals surface area contributed by atoms with E-state index in [2.05, 4.69) is 28.5 Å². The van der Waals surface area contributed by atoms with Gasteiger partial charge in [-0.2, -0.15) is 0 Å². The molecule has 1 aliphatic rings. The van der Waals surface area contributed by atoms with Crippen molar-refractivity contribution in [1.82, 2.24) is 4.90 Å². The minimum absolute atomic E-state index is 0.112. The number of aryl methyl sites for hydroxylation is 1. The molecule has 0 aliphatic carbocycles. The fraction of sp³-hybridized carbons (Fsp3) is 0.364. The molecule has 0 unspecified atom stereocenters. The number of likely N-dealkylation sites (N-methyl/N-ethyl adjacent to an activating group) is 1. The number of carbonyl (C=O) groups is 1. The van der Waals surface area contributed by atoms with Crippen molar-refractivity contribution in [3.05, 3.63) is 54.1 Å². The van der Waals surface area contributed by atoms with Crippen LogP contribution in [0.4, 0.5) is 17.1 Å². The number of anilines is 3. The van der Waals surface area contributed by atoms with Gasteiger partial charge in [0, 0.05) is 37.2 Å². The Morgan fingerprint density at radius 1 is 1.10 bits per heavy atom. The number of hydrogen-bond donors (Lipinski definition) is 2. The van der Waals surface area contributed by atoms with E-state index in [-0.39, 0.29) is 12.5 Å². The molecule has 1 fully saturated rings. The van der Waals surface area contributed by atoms with Crippen molar-refractivity contribution < 1.29 is 9.53 Å². The first-order valence-corrected chi connectivity index (χ1v) is 10.3. The molecule has 0 bridgehead atoms. The zero-order valence-electron chi connectivity index (χ0n) is 17.0. The highest BCUT2D eigenvalue weighted by atomic mass is 32.1. The Labute approximate surface area is 177 Å². The number of ether oxygens (including phenoxy) is 1. The van der Waals surface area contributed by atoms with E-state index in [0.717, 1.165) is 49.8 Å². The number of nitrogens with zero attached hydrogens (tertiary/aromatic N) is 2. The third kappa shape index (κ3) is 5.92. The lowest BCUT2D eigenvalue weighted by Crippen LogP contribution is -2.37. The maximum atomic E-state index is 12.4. The summed E-state index contributed by atoms with van der Waals surface area (Å²) in [5.74, 6) is -0.112. The van der Waals surface area contributed by atoms with Crippen molar-refractivity contribution in [1.29, 1.82) is 0 Å². The van der Waals surface area contributed by atoms with Crippen LogP contribution in [0.5, 0.6) is 0 Å². The van der Waals surface area contributed by atoms with Crippen molar-refractivity contribution in [2.45, 2.75) is 13.3 Å². The van der Waals surface area contributed by atoms with Gasteiger partial charge >= 0.3 is 0 Å². The molecule has 6 nitrogen and oxygen atoms in total. The summed E-state index contributed by atoms with van der Waals surface area (Å²) in [6.45, 7) is 5.56. The normalized spacial score (nSPS) is 13.7. The van der Waals surface area contributed by atoms with E-state index >= 15 is 0 Å². The number of morpholine rings is 1. The van der Waals surface area contributed by atoms with E-state index in [4.69, 9.17) is 17.0 Å². The van der Waals surface area contributed by atoms with Gasteiger partial charge in [0.15, 0.2) is 5.11 Å². The first kappa shape index (κ1) is 21.1. The number of benzene rings is 2. The molecule has 1 heterocycles. The summed E-state index contributed by atoms with van der Waals surface area (Å²) in [5.41, 5.74) is 4.08. The summed E-state index contributed by atoms with van der Waals surface area (Å²) in [7, 11) is 1.81. The van der Waals surface area contributed by atoms with Gasteiger partial charge in [-0.25, -0.2) is 0 Å². The topological polar surface area (TPSA) is 56.8 Å². The van der Waals surface area contributed by atoms with Gasteiger partial charge in [-0.15, -0.1) is 0 Å². The van der Waals surface area contributed by atoms with Gasteiger partial charge in [0.05, 0.1) is 19.8 Å². The predicted molar refractivity (Wildman–Crippen MR) is 123 cm³/mol. The molecule has 1 aliphatic heterocycles. The number of thiocarbonyl (C=S) groups is 1. The monoisotopic (exact) mass is 412 g/mol. The number of rotatable bonds is 6. The molecule has 0 saturated carbocycles.